The molecule has 0 saturated heterocycles. The van der Waals surface area contributed by atoms with Gasteiger partial charge in [-0.15, -0.1) is 0 Å². The van der Waals surface area contributed by atoms with Crippen molar-refractivity contribution in [3.63, 3.8) is 0 Å². The predicted octanol–water partition coefficient (Wildman–Crippen LogP) is 3.53. The van der Waals surface area contributed by atoms with E-state index in [0.717, 1.165) is 47.4 Å². The summed E-state index contributed by atoms with van der Waals surface area (Å²) in [7, 11) is 0. The average Bonchev–Trinajstić information content (AvgIpc) is 2.82. The predicted molar refractivity (Wildman–Crippen MR) is 82.5 cm³/mol. The van der Waals surface area contributed by atoms with Crippen LogP contribution in [0.15, 0.2) is 4.99 Å². The molecular weight excluding hydrogens is 252 g/mol. The zero-order chi connectivity index (χ0) is 13.0. The maximum Gasteiger partial charge on any atom is 0.157 e. The van der Waals surface area contributed by atoms with E-state index in [4.69, 9.17) is 4.99 Å². The van der Waals surface area contributed by atoms with Gasteiger partial charge >= 0.3 is 0 Å². The van der Waals surface area contributed by atoms with E-state index in [9.17, 15) is 0 Å². The molecule has 3 heteroatoms. The van der Waals surface area contributed by atoms with E-state index < -0.39 is 0 Å². The Kier molecular flexibility index (Phi) is 3.09. The summed E-state index contributed by atoms with van der Waals surface area (Å²) >= 11 is 2.04. The average molecular weight is 278 g/mol. The number of rotatable bonds is 4. The van der Waals surface area contributed by atoms with E-state index >= 15 is 0 Å². The fraction of sp³-hybridized carbons (Fsp3) is 0.938. The number of fused-ring (bicyclic) bond motifs is 5. The monoisotopic (exact) mass is 278 g/mol. The number of hydrogen-bond donors (Lipinski definition) is 1. The summed E-state index contributed by atoms with van der Waals surface area (Å²) in [5.41, 5.74) is 0. The Hall–Kier alpha value is -0.180. The van der Waals surface area contributed by atoms with Gasteiger partial charge in [0, 0.05) is 11.3 Å². The molecule has 5 atom stereocenters. The summed E-state index contributed by atoms with van der Waals surface area (Å²) in [5, 5.41) is 5.82. The van der Waals surface area contributed by atoms with E-state index in [1.54, 1.807) is 6.42 Å². The Labute approximate surface area is 121 Å². The summed E-state index contributed by atoms with van der Waals surface area (Å²) in [6, 6.07) is 0.804. The maximum atomic E-state index is 4.78. The third-order valence-corrected chi connectivity index (χ3v) is 7.58. The molecule has 4 rings (SSSR count). The molecule has 3 aliphatic carbocycles. The zero-order valence-corrected chi connectivity index (χ0v) is 13.0. The third-order valence-electron chi connectivity index (χ3n) is 6.28. The summed E-state index contributed by atoms with van der Waals surface area (Å²) in [6.45, 7) is 5.69. The van der Waals surface area contributed by atoms with Crippen molar-refractivity contribution in [2.45, 2.75) is 57.2 Å². The Morgan fingerprint density at radius 2 is 1.89 bits per heavy atom. The van der Waals surface area contributed by atoms with Crippen LogP contribution in [-0.2, 0) is 0 Å². The highest BCUT2D eigenvalue weighted by molar-refractivity contribution is 8.14. The molecule has 0 aromatic carbocycles. The Bertz CT molecular complexity index is 374. The molecule has 3 fully saturated rings. The van der Waals surface area contributed by atoms with Crippen LogP contribution in [0.5, 0.6) is 0 Å². The summed E-state index contributed by atoms with van der Waals surface area (Å²) in [6.07, 6.45) is 7.18. The zero-order valence-electron chi connectivity index (χ0n) is 12.1. The van der Waals surface area contributed by atoms with E-state index in [2.05, 4.69) is 19.2 Å². The quantitative estimate of drug-likeness (QED) is 0.851. The van der Waals surface area contributed by atoms with Crippen LogP contribution >= 0.6 is 11.8 Å². The molecule has 1 N–H and O–H groups in total. The summed E-state index contributed by atoms with van der Waals surface area (Å²) < 4.78 is 0. The SMILES string of the molecule is CCC(CC)C1CN=C(NC2C3C4CCC(C4)C23)S1. The van der Waals surface area contributed by atoms with Crippen LogP contribution in [0.1, 0.15) is 46.0 Å². The van der Waals surface area contributed by atoms with Crippen LogP contribution in [-0.4, -0.2) is 23.0 Å². The number of amidine groups is 1. The highest BCUT2D eigenvalue weighted by Gasteiger charge is 2.65. The molecule has 4 aliphatic rings. The van der Waals surface area contributed by atoms with Gasteiger partial charge in [-0.2, -0.15) is 0 Å². The van der Waals surface area contributed by atoms with Crippen molar-refractivity contribution >= 4 is 16.9 Å². The summed E-state index contributed by atoms with van der Waals surface area (Å²) in [5.74, 6) is 5.02. The van der Waals surface area contributed by atoms with Crippen molar-refractivity contribution in [2.75, 3.05) is 6.54 Å². The van der Waals surface area contributed by atoms with Crippen molar-refractivity contribution in [1.29, 1.82) is 0 Å². The minimum absolute atomic E-state index is 0.743. The van der Waals surface area contributed by atoms with Crippen LogP contribution in [0.4, 0.5) is 0 Å². The van der Waals surface area contributed by atoms with Gasteiger partial charge in [-0.05, 0) is 48.9 Å². The fourth-order valence-electron chi connectivity index (χ4n) is 5.19. The standard InChI is InChI=1S/C16H26N2S/c1-3-9(4-2)12-8-17-16(19-12)18-15-13-10-5-6-11(7-10)14(13)15/h9-15H,3-8H2,1-2H3,(H,17,18). The van der Waals surface area contributed by atoms with Gasteiger partial charge in [-0.3, -0.25) is 4.99 Å². The first-order valence-electron chi connectivity index (χ1n) is 8.29. The number of nitrogens with zero attached hydrogens (tertiary/aromatic N) is 1. The second-order valence-corrected chi connectivity index (χ2v) is 8.26. The molecule has 1 heterocycles. The van der Waals surface area contributed by atoms with E-state index in [-0.39, 0.29) is 0 Å². The molecule has 2 bridgehead atoms. The van der Waals surface area contributed by atoms with Crippen LogP contribution in [0.25, 0.3) is 0 Å². The molecule has 3 saturated carbocycles. The third kappa shape index (κ3) is 1.95. The minimum atomic E-state index is 0.743. The molecule has 0 aromatic heterocycles. The molecule has 0 amide bonds. The highest BCUT2D eigenvalue weighted by atomic mass is 32.2. The first-order chi connectivity index (χ1) is 9.31. The largest absolute Gasteiger partial charge is 0.362 e. The molecule has 19 heavy (non-hydrogen) atoms. The molecule has 106 valence electrons. The topological polar surface area (TPSA) is 24.4 Å². The molecule has 0 radical (unpaired) electrons. The van der Waals surface area contributed by atoms with Crippen molar-refractivity contribution in [2.24, 2.45) is 34.6 Å². The number of nitrogens with one attached hydrogen (secondary N) is 1. The van der Waals surface area contributed by atoms with E-state index in [1.165, 1.54) is 30.9 Å². The lowest BCUT2D eigenvalue weighted by molar-refractivity contribution is 0.456. The van der Waals surface area contributed by atoms with Gasteiger partial charge in [-0.1, -0.05) is 38.5 Å². The smallest absolute Gasteiger partial charge is 0.157 e. The van der Waals surface area contributed by atoms with Crippen LogP contribution < -0.4 is 5.32 Å². The second kappa shape index (κ2) is 4.68. The molecule has 1 aliphatic heterocycles. The van der Waals surface area contributed by atoms with Crippen LogP contribution in [0, 0.1) is 29.6 Å². The van der Waals surface area contributed by atoms with Crippen LogP contribution in [0.2, 0.25) is 0 Å². The molecule has 0 aromatic rings. The normalized spacial score (nSPS) is 46.6. The second-order valence-electron chi connectivity index (χ2n) is 7.04. The van der Waals surface area contributed by atoms with Crippen molar-refractivity contribution in [3.05, 3.63) is 0 Å². The molecule has 0 spiro atoms. The van der Waals surface area contributed by atoms with E-state index in [1.807, 2.05) is 11.8 Å². The molecule has 2 nitrogen and oxygen atoms in total. The van der Waals surface area contributed by atoms with Gasteiger partial charge in [0.05, 0.1) is 6.54 Å². The lowest BCUT2D eigenvalue weighted by atomic mass is 9.99. The number of thioether (sulfide) groups is 1. The first kappa shape index (κ1) is 12.6. The van der Waals surface area contributed by atoms with Crippen molar-refractivity contribution in [3.8, 4) is 0 Å². The highest BCUT2D eigenvalue weighted by Crippen LogP contribution is 2.65. The van der Waals surface area contributed by atoms with Gasteiger partial charge in [0.25, 0.3) is 0 Å². The van der Waals surface area contributed by atoms with Gasteiger partial charge in [-0.25, -0.2) is 0 Å². The van der Waals surface area contributed by atoms with Crippen LogP contribution in [0.3, 0.4) is 0 Å². The van der Waals surface area contributed by atoms with Gasteiger partial charge in [0.2, 0.25) is 0 Å². The van der Waals surface area contributed by atoms with Gasteiger partial charge < -0.3 is 5.32 Å². The Balaban J connectivity index is 1.32. The Morgan fingerprint density at radius 3 is 2.53 bits per heavy atom. The Morgan fingerprint density at radius 1 is 1.21 bits per heavy atom. The number of aliphatic imine (C=N–C) groups is 1. The van der Waals surface area contributed by atoms with Crippen molar-refractivity contribution in [1.82, 2.24) is 5.32 Å². The van der Waals surface area contributed by atoms with Gasteiger partial charge in [0.1, 0.15) is 0 Å². The molecule has 5 unspecified atom stereocenters. The number of hydrogen-bond acceptors (Lipinski definition) is 3. The fourth-order valence-corrected chi connectivity index (χ4v) is 6.56. The lowest BCUT2D eigenvalue weighted by Crippen LogP contribution is -2.27. The lowest BCUT2D eigenvalue weighted by Gasteiger charge is -2.19. The molecular formula is C16H26N2S. The first-order valence-corrected chi connectivity index (χ1v) is 9.17. The van der Waals surface area contributed by atoms with Gasteiger partial charge in [0.15, 0.2) is 5.17 Å². The van der Waals surface area contributed by atoms with Crippen molar-refractivity contribution < 1.29 is 0 Å². The minimum Gasteiger partial charge on any atom is -0.362 e. The maximum absolute atomic E-state index is 4.78. The van der Waals surface area contributed by atoms with E-state index in [0.29, 0.717) is 0 Å². The summed E-state index contributed by atoms with van der Waals surface area (Å²) in [4.78, 5) is 4.78.